The number of fused-ring (bicyclic) bond motifs is 1. The van der Waals surface area contributed by atoms with E-state index >= 15 is 0 Å². The molecule has 2 heterocycles. The van der Waals surface area contributed by atoms with Gasteiger partial charge in [-0.05, 0) is 25.0 Å². The first-order valence-corrected chi connectivity index (χ1v) is 9.70. The fourth-order valence-electron chi connectivity index (χ4n) is 3.78. The number of urea groups is 1. The number of β-amino-alcohol motifs (C(OH)–C–C–N with tert-alkyl or cyclic N) is 1. The lowest BCUT2D eigenvalue weighted by Gasteiger charge is -2.44. The number of carbonyl (C=O) groups excluding carboxylic acids is 2. The van der Waals surface area contributed by atoms with Gasteiger partial charge in [0.05, 0.1) is 64.3 Å². The summed E-state index contributed by atoms with van der Waals surface area (Å²) in [7, 11) is 2.88. The summed E-state index contributed by atoms with van der Waals surface area (Å²) in [5.74, 6) is 0.216. The maximum Gasteiger partial charge on any atom is 0.322 e. The lowest BCUT2D eigenvalue weighted by Crippen LogP contribution is -2.58. The molecule has 2 amide bonds. The SMILES string of the molecule is COC(=O)C[C@@H]1CC[C@@H]2[C@H](COC[C@@H](O)CN2C(=O)Nc2ccccc2OC)O1. The summed E-state index contributed by atoms with van der Waals surface area (Å²) in [6.45, 7) is 0.456. The molecule has 0 saturated carbocycles. The second kappa shape index (κ2) is 9.91. The van der Waals surface area contributed by atoms with Gasteiger partial charge in [-0.15, -0.1) is 0 Å². The molecule has 2 N–H and O–H groups in total. The van der Waals surface area contributed by atoms with E-state index in [9.17, 15) is 14.7 Å². The Balaban J connectivity index is 1.74. The van der Waals surface area contributed by atoms with Gasteiger partial charge in [0, 0.05) is 0 Å². The van der Waals surface area contributed by atoms with Crippen molar-refractivity contribution in [2.24, 2.45) is 0 Å². The number of ether oxygens (including phenoxy) is 4. The van der Waals surface area contributed by atoms with Crippen molar-refractivity contribution in [1.82, 2.24) is 4.90 Å². The van der Waals surface area contributed by atoms with Crippen molar-refractivity contribution in [1.29, 1.82) is 0 Å². The van der Waals surface area contributed by atoms with Crippen molar-refractivity contribution in [2.75, 3.05) is 39.3 Å². The molecule has 0 aliphatic carbocycles. The monoisotopic (exact) mass is 408 g/mol. The minimum Gasteiger partial charge on any atom is -0.495 e. The van der Waals surface area contributed by atoms with Gasteiger partial charge in [0.2, 0.25) is 0 Å². The average molecular weight is 408 g/mol. The summed E-state index contributed by atoms with van der Waals surface area (Å²) in [5, 5.41) is 13.1. The number of hydrogen-bond acceptors (Lipinski definition) is 7. The third-order valence-corrected chi connectivity index (χ3v) is 5.21. The maximum absolute atomic E-state index is 13.1. The third-order valence-electron chi connectivity index (χ3n) is 5.21. The standard InChI is InChI=1S/C20H28N2O7/c1-26-17-6-4-3-5-15(17)21-20(25)22-10-13(23)11-28-12-18-16(22)8-7-14(29-18)9-19(24)27-2/h3-6,13-14,16,18,23H,7-12H2,1-2H3,(H,21,25)/t13-,14-,16+,18-/m0/s1. The first-order valence-electron chi connectivity index (χ1n) is 9.70. The van der Waals surface area contributed by atoms with Crippen molar-refractivity contribution in [3.63, 3.8) is 0 Å². The second-order valence-corrected chi connectivity index (χ2v) is 7.20. The number of aliphatic hydroxyl groups is 1. The van der Waals surface area contributed by atoms with E-state index in [0.29, 0.717) is 24.3 Å². The van der Waals surface area contributed by atoms with Gasteiger partial charge < -0.3 is 34.3 Å². The molecule has 4 atom stereocenters. The molecule has 0 aromatic heterocycles. The summed E-state index contributed by atoms with van der Waals surface area (Å²) < 4.78 is 21.6. The molecule has 2 saturated heterocycles. The fraction of sp³-hybridized carbons (Fsp3) is 0.600. The Morgan fingerprint density at radius 2 is 2.03 bits per heavy atom. The van der Waals surface area contributed by atoms with Crippen LogP contribution in [0.25, 0.3) is 0 Å². The van der Waals surface area contributed by atoms with Crippen molar-refractivity contribution in [3.8, 4) is 5.75 Å². The van der Waals surface area contributed by atoms with Gasteiger partial charge in [0.25, 0.3) is 0 Å². The summed E-state index contributed by atoms with van der Waals surface area (Å²) in [6.07, 6.45) is -0.0836. The number of nitrogens with one attached hydrogen (secondary N) is 1. The lowest BCUT2D eigenvalue weighted by atomic mass is 9.95. The van der Waals surface area contributed by atoms with Crippen LogP contribution in [0.5, 0.6) is 5.75 Å². The highest BCUT2D eigenvalue weighted by molar-refractivity contribution is 5.91. The lowest BCUT2D eigenvalue weighted by molar-refractivity contribution is -0.159. The summed E-state index contributed by atoms with van der Waals surface area (Å²) in [5.41, 5.74) is 0.546. The molecule has 9 heteroatoms. The molecule has 29 heavy (non-hydrogen) atoms. The Labute approximate surface area is 169 Å². The van der Waals surface area contributed by atoms with Crippen molar-refractivity contribution in [2.45, 2.75) is 43.6 Å². The number of benzene rings is 1. The number of rotatable bonds is 4. The molecular weight excluding hydrogens is 380 g/mol. The second-order valence-electron chi connectivity index (χ2n) is 7.20. The highest BCUT2D eigenvalue weighted by Gasteiger charge is 2.40. The van der Waals surface area contributed by atoms with E-state index in [1.807, 2.05) is 6.07 Å². The zero-order valence-electron chi connectivity index (χ0n) is 16.7. The van der Waals surface area contributed by atoms with E-state index < -0.39 is 12.2 Å². The predicted octanol–water partition coefficient (Wildman–Crippen LogP) is 1.40. The Kier molecular flexibility index (Phi) is 7.29. The minimum absolute atomic E-state index is 0.104. The summed E-state index contributed by atoms with van der Waals surface area (Å²) in [4.78, 5) is 26.3. The third kappa shape index (κ3) is 5.37. The number of aliphatic hydroxyl groups excluding tert-OH is 1. The molecular formula is C20H28N2O7. The van der Waals surface area contributed by atoms with Gasteiger partial charge in [-0.3, -0.25) is 4.79 Å². The normalized spacial score (nSPS) is 27.2. The van der Waals surface area contributed by atoms with Crippen LogP contribution < -0.4 is 10.1 Å². The minimum atomic E-state index is -0.799. The number of methoxy groups -OCH3 is 2. The molecule has 1 aromatic rings. The molecule has 160 valence electrons. The van der Waals surface area contributed by atoms with E-state index in [1.54, 1.807) is 23.1 Å². The maximum atomic E-state index is 13.1. The van der Waals surface area contributed by atoms with Crippen LogP contribution in [-0.2, 0) is 19.0 Å². The van der Waals surface area contributed by atoms with Crippen LogP contribution in [0.3, 0.4) is 0 Å². The Morgan fingerprint density at radius 1 is 1.24 bits per heavy atom. The summed E-state index contributed by atoms with van der Waals surface area (Å²) in [6, 6.07) is 6.50. The van der Waals surface area contributed by atoms with Crippen LogP contribution >= 0.6 is 0 Å². The molecule has 0 radical (unpaired) electrons. The fourth-order valence-corrected chi connectivity index (χ4v) is 3.78. The smallest absolute Gasteiger partial charge is 0.322 e. The molecule has 2 fully saturated rings. The van der Waals surface area contributed by atoms with E-state index in [2.05, 4.69) is 5.32 Å². The van der Waals surface area contributed by atoms with Crippen LogP contribution in [0.1, 0.15) is 19.3 Å². The van der Waals surface area contributed by atoms with Crippen LogP contribution in [0.4, 0.5) is 10.5 Å². The van der Waals surface area contributed by atoms with Crippen molar-refractivity contribution in [3.05, 3.63) is 24.3 Å². The van der Waals surface area contributed by atoms with E-state index in [1.165, 1.54) is 14.2 Å². The summed E-state index contributed by atoms with van der Waals surface area (Å²) >= 11 is 0. The van der Waals surface area contributed by atoms with Gasteiger partial charge in [-0.1, -0.05) is 12.1 Å². The number of para-hydroxylation sites is 2. The van der Waals surface area contributed by atoms with Gasteiger partial charge in [0.15, 0.2) is 0 Å². The van der Waals surface area contributed by atoms with Gasteiger partial charge >= 0.3 is 12.0 Å². The number of amides is 2. The highest BCUT2D eigenvalue weighted by Crippen LogP contribution is 2.29. The first-order chi connectivity index (χ1) is 14.0. The van der Waals surface area contributed by atoms with E-state index in [0.717, 1.165) is 0 Å². The Hall–Kier alpha value is -2.36. The number of hydrogen-bond donors (Lipinski definition) is 2. The van der Waals surface area contributed by atoms with Gasteiger partial charge in [0.1, 0.15) is 11.9 Å². The highest BCUT2D eigenvalue weighted by atomic mass is 16.6. The average Bonchev–Trinajstić information content (AvgIpc) is 2.71. The number of esters is 1. The Bertz CT molecular complexity index is 714. The van der Waals surface area contributed by atoms with Gasteiger partial charge in [-0.25, -0.2) is 4.79 Å². The number of nitrogens with zero attached hydrogens (tertiary/aromatic N) is 1. The van der Waals surface area contributed by atoms with Gasteiger partial charge in [-0.2, -0.15) is 0 Å². The van der Waals surface area contributed by atoms with Crippen LogP contribution in [0.2, 0.25) is 0 Å². The number of carbonyl (C=O) groups is 2. The largest absolute Gasteiger partial charge is 0.495 e. The number of anilines is 1. The van der Waals surface area contributed by atoms with E-state index in [-0.39, 0.29) is 50.3 Å². The predicted molar refractivity (Wildman–Crippen MR) is 104 cm³/mol. The van der Waals surface area contributed by atoms with Crippen LogP contribution in [0, 0.1) is 0 Å². The molecule has 3 rings (SSSR count). The molecule has 9 nitrogen and oxygen atoms in total. The first kappa shape index (κ1) is 21.4. The van der Waals surface area contributed by atoms with E-state index in [4.69, 9.17) is 18.9 Å². The zero-order chi connectivity index (χ0) is 20.8. The van der Waals surface area contributed by atoms with Crippen LogP contribution in [0.15, 0.2) is 24.3 Å². The van der Waals surface area contributed by atoms with Crippen molar-refractivity contribution >= 4 is 17.7 Å². The van der Waals surface area contributed by atoms with Crippen molar-refractivity contribution < 1.29 is 33.6 Å². The molecule has 0 unspecified atom stereocenters. The zero-order valence-corrected chi connectivity index (χ0v) is 16.7. The molecule has 0 bridgehead atoms. The van der Waals surface area contributed by atoms with Crippen LogP contribution in [-0.4, -0.2) is 80.3 Å². The molecule has 0 spiro atoms. The quantitative estimate of drug-likeness (QED) is 0.725. The molecule has 2 aliphatic heterocycles. The topological polar surface area (TPSA) is 107 Å². The molecule has 1 aromatic carbocycles. The Morgan fingerprint density at radius 3 is 2.79 bits per heavy atom. The molecule has 2 aliphatic rings.